The molecule has 0 spiro atoms. The lowest BCUT2D eigenvalue weighted by Gasteiger charge is -2.33. The zero-order chi connectivity index (χ0) is 16.7. The van der Waals surface area contributed by atoms with Gasteiger partial charge in [0.25, 0.3) is 0 Å². The fourth-order valence-electron chi connectivity index (χ4n) is 2.87. The number of nitrogens with zero attached hydrogens (tertiary/aromatic N) is 1. The van der Waals surface area contributed by atoms with Gasteiger partial charge in [0.1, 0.15) is 4.75 Å². The largest absolute Gasteiger partial charge is 0.227 e. The van der Waals surface area contributed by atoms with Crippen molar-refractivity contribution in [3.05, 3.63) is 108 Å². The van der Waals surface area contributed by atoms with E-state index in [0.29, 0.717) is 0 Å². The van der Waals surface area contributed by atoms with Crippen LogP contribution in [0.15, 0.2) is 95.4 Å². The quantitative estimate of drug-likeness (QED) is 0.302. The zero-order valence-corrected chi connectivity index (χ0v) is 14.6. The first-order valence-corrected chi connectivity index (χ1v) is 9.02. The Morgan fingerprint density at radius 2 is 1.08 bits per heavy atom. The van der Waals surface area contributed by atoms with E-state index in [9.17, 15) is 0 Å². The van der Waals surface area contributed by atoms with Crippen molar-refractivity contribution in [3.63, 3.8) is 0 Å². The summed E-state index contributed by atoms with van der Waals surface area (Å²) in [5.41, 5.74) is 3.71. The molecule has 3 aromatic carbocycles. The van der Waals surface area contributed by atoms with Crippen LogP contribution in [0.5, 0.6) is 0 Å². The summed E-state index contributed by atoms with van der Waals surface area (Å²) in [7, 11) is 0. The van der Waals surface area contributed by atoms with E-state index < -0.39 is 0 Å². The molecule has 0 saturated carbocycles. The van der Waals surface area contributed by atoms with E-state index in [1.54, 1.807) is 11.9 Å². The van der Waals surface area contributed by atoms with Gasteiger partial charge in [-0.3, -0.25) is 0 Å². The highest BCUT2D eigenvalue weighted by molar-refractivity contribution is 7.99. The third-order valence-corrected chi connectivity index (χ3v) is 5.22. The maximum Gasteiger partial charge on any atom is 0.112 e. The number of hydrogen-bond donors (Lipinski definition) is 0. The smallest absolute Gasteiger partial charge is 0.112 e. The van der Waals surface area contributed by atoms with Gasteiger partial charge in [-0.25, -0.2) is 4.40 Å². The predicted molar refractivity (Wildman–Crippen MR) is 106 cm³/mol. The molecule has 0 N–H and O–H groups in total. The average Bonchev–Trinajstić information content (AvgIpc) is 2.68. The minimum atomic E-state index is -0.352. The first kappa shape index (κ1) is 16.5. The Balaban J connectivity index is 2.26. The van der Waals surface area contributed by atoms with Crippen LogP contribution in [-0.4, -0.2) is 6.21 Å². The minimum absolute atomic E-state index is 0.352. The van der Waals surface area contributed by atoms with E-state index >= 15 is 0 Å². The van der Waals surface area contributed by atoms with Gasteiger partial charge in [0, 0.05) is 6.21 Å². The normalized spacial score (nSPS) is 11.7. The maximum absolute atomic E-state index is 4.68. The van der Waals surface area contributed by atoms with Gasteiger partial charge in [-0.05, 0) is 35.1 Å². The summed E-state index contributed by atoms with van der Waals surface area (Å²) < 4.78 is 4.33. The van der Waals surface area contributed by atoms with Gasteiger partial charge in [0.05, 0.1) is 0 Å². The van der Waals surface area contributed by atoms with Gasteiger partial charge in [-0.15, -0.1) is 0 Å². The maximum atomic E-state index is 4.68. The van der Waals surface area contributed by atoms with Gasteiger partial charge < -0.3 is 0 Å². The van der Waals surface area contributed by atoms with Crippen molar-refractivity contribution in [3.8, 4) is 0 Å². The molecule has 2 heteroatoms. The zero-order valence-electron chi connectivity index (χ0n) is 13.8. The van der Waals surface area contributed by atoms with Crippen molar-refractivity contribution in [1.82, 2.24) is 0 Å². The lowest BCUT2D eigenvalue weighted by Crippen LogP contribution is -2.24. The molecule has 0 amide bonds. The first-order valence-electron chi connectivity index (χ1n) is 8.24. The van der Waals surface area contributed by atoms with Crippen LogP contribution in [0.25, 0.3) is 0 Å². The molecule has 0 bridgehead atoms. The molecule has 0 fully saturated rings. The molecule has 0 aliphatic carbocycles. The molecule has 3 aromatic rings. The van der Waals surface area contributed by atoms with Crippen LogP contribution in [0.1, 0.15) is 30.0 Å². The third kappa shape index (κ3) is 3.29. The van der Waals surface area contributed by atoms with Crippen molar-refractivity contribution in [2.45, 2.75) is 18.1 Å². The second kappa shape index (κ2) is 7.98. The van der Waals surface area contributed by atoms with Crippen molar-refractivity contribution < 1.29 is 0 Å². The Labute approximate surface area is 148 Å². The second-order valence-electron chi connectivity index (χ2n) is 5.57. The van der Waals surface area contributed by atoms with Crippen LogP contribution in [0.2, 0.25) is 0 Å². The van der Waals surface area contributed by atoms with Crippen molar-refractivity contribution in [2.75, 3.05) is 0 Å². The topological polar surface area (TPSA) is 12.4 Å². The van der Waals surface area contributed by atoms with Gasteiger partial charge in [-0.1, -0.05) is 97.9 Å². The fourth-order valence-corrected chi connectivity index (χ4v) is 3.97. The molecular formula is C22H21NS. The standard InChI is InChI=1S/C22H21NS/c1-2-18-23-24-22(19-12-6-3-7-13-19,20-14-8-4-9-15-20)21-16-10-5-11-17-21/h3-18H,2H2,1H3/b23-18+. The highest BCUT2D eigenvalue weighted by atomic mass is 32.2. The van der Waals surface area contributed by atoms with Crippen molar-refractivity contribution in [2.24, 2.45) is 4.40 Å². The highest BCUT2D eigenvalue weighted by Gasteiger charge is 2.37. The molecule has 24 heavy (non-hydrogen) atoms. The van der Waals surface area contributed by atoms with Crippen LogP contribution < -0.4 is 0 Å². The van der Waals surface area contributed by atoms with Crippen molar-refractivity contribution in [1.29, 1.82) is 0 Å². The Bertz CT molecular complexity index is 670. The van der Waals surface area contributed by atoms with E-state index in [1.165, 1.54) is 16.7 Å². The van der Waals surface area contributed by atoms with Gasteiger partial charge >= 0.3 is 0 Å². The monoisotopic (exact) mass is 331 g/mol. The van der Waals surface area contributed by atoms with Crippen molar-refractivity contribution >= 4 is 18.2 Å². The Hall–Kier alpha value is -2.32. The molecule has 0 radical (unpaired) electrons. The number of benzene rings is 3. The number of rotatable bonds is 6. The van der Waals surface area contributed by atoms with Crippen LogP contribution in [0, 0.1) is 0 Å². The molecule has 0 aliphatic heterocycles. The first-order chi connectivity index (χ1) is 11.9. The van der Waals surface area contributed by atoms with Gasteiger partial charge in [-0.2, -0.15) is 0 Å². The summed E-state index contributed by atoms with van der Waals surface area (Å²) in [6.45, 7) is 2.11. The molecular weight excluding hydrogens is 310 g/mol. The lowest BCUT2D eigenvalue weighted by atomic mass is 9.84. The summed E-state index contributed by atoms with van der Waals surface area (Å²) in [4.78, 5) is 0. The van der Waals surface area contributed by atoms with E-state index in [1.807, 2.05) is 6.21 Å². The van der Waals surface area contributed by atoms with E-state index in [4.69, 9.17) is 0 Å². The Morgan fingerprint density at radius 3 is 1.42 bits per heavy atom. The average molecular weight is 331 g/mol. The summed E-state index contributed by atoms with van der Waals surface area (Å²) in [6.07, 6.45) is 2.91. The summed E-state index contributed by atoms with van der Waals surface area (Å²) in [5, 5.41) is 0. The van der Waals surface area contributed by atoms with Crippen LogP contribution in [0.4, 0.5) is 0 Å². The van der Waals surface area contributed by atoms with E-state index in [2.05, 4.69) is 102 Å². The Morgan fingerprint density at radius 1 is 0.708 bits per heavy atom. The molecule has 0 aromatic heterocycles. The van der Waals surface area contributed by atoms with E-state index in [-0.39, 0.29) is 4.75 Å². The molecule has 0 heterocycles. The predicted octanol–water partition coefficient (Wildman–Crippen LogP) is 6.11. The summed E-state index contributed by atoms with van der Waals surface area (Å²) in [5.74, 6) is 0. The van der Waals surface area contributed by atoms with E-state index in [0.717, 1.165) is 6.42 Å². The molecule has 0 saturated heterocycles. The second-order valence-corrected chi connectivity index (χ2v) is 6.57. The van der Waals surface area contributed by atoms with Crippen LogP contribution in [0.3, 0.4) is 0 Å². The SMILES string of the molecule is CC/C=N/SC(c1ccccc1)(c1ccccc1)c1ccccc1. The summed E-state index contributed by atoms with van der Waals surface area (Å²) >= 11 is 1.62. The van der Waals surface area contributed by atoms with Gasteiger partial charge in [0.2, 0.25) is 0 Å². The highest BCUT2D eigenvalue weighted by Crippen LogP contribution is 2.48. The lowest BCUT2D eigenvalue weighted by molar-refractivity contribution is 0.896. The third-order valence-electron chi connectivity index (χ3n) is 3.99. The fraction of sp³-hybridized carbons (Fsp3) is 0.136. The van der Waals surface area contributed by atoms with Crippen LogP contribution >= 0.6 is 11.9 Å². The molecule has 1 nitrogen and oxygen atoms in total. The minimum Gasteiger partial charge on any atom is -0.227 e. The summed E-state index contributed by atoms with van der Waals surface area (Å²) in [6, 6.07) is 31.9. The van der Waals surface area contributed by atoms with Gasteiger partial charge in [0.15, 0.2) is 0 Å². The molecule has 120 valence electrons. The molecule has 3 rings (SSSR count). The number of hydrogen-bond acceptors (Lipinski definition) is 2. The van der Waals surface area contributed by atoms with Crippen LogP contribution in [-0.2, 0) is 4.75 Å². The molecule has 0 atom stereocenters. The molecule has 0 unspecified atom stereocenters. The molecule has 0 aliphatic rings. The Kier molecular flexibility index (Phi) is 5.50.